The molecule has 0 radical (unpaired) electrons. The maximum Gasteiger partial charge on any atom is 0.0702 e. The monoisotopic (exact) mass is 432 g/mol. The van der Waals surface area contributed by atoms with Crippen LogP contribution in [0.4, 0.5) is 11.4 Å². The number of hydrogen-bond donors (Lipinski definition) is 0. The Labute approximate surface area is 197 Å². The first-order valence-corrected chi connectivity index (χ1v) is 12.5. The van der Waals surface area contributed by atoms with Gasteiger partial charge in [0.05, 0.1) is 22.8 Å². The van der Waals surface area contributed by atoms with Crippen molar-refractivity contribution in [3.05, 3.63) is 58.7 Å². The van der Waals surface area contributed by atoms with Gasteiger partial charge in [-0.3, -0.25) is 9.98 Å². The molecule has 0 atom stereocenters. The number of para-hydroxylation sites is 2. The second-order valence-corrected chi connectivity index (χ2v) is 10.2. The topological polar surface area (TPSA) is 24.7 Å². The molecule has 2 heteroatoms. The molecular weight excluding hydrogens is 388 g/mol. The van der Waals surface area contributed by atoms with Crippen molar-refractivity contribution in [1.82, 2.24) is 0 Å². The van der Waals surface area contributed by atoms with Crippen LogP contribution in [0.3, 0.4) is 0 Å². The first-order chi connectivity index (χ1) is 15.1. The summed E-state index contributed by atoms with van der Waals surface area (Å²) in [7, 11) is 0. The van der Waals surface area contributed by atoms with Crippen LogP contribution < -0.4 is 0 Å². The Kier molecular flexibility index (Phi) is 9.43. The van der Waals surface area contributed by atoms with E-state index < -0.39 is 0 Å². The minimum atomic E-state index is 0.432. The molecule has 0 fully saturated rings. The summed E-state index contributed by atoms with van der Waals surface area (Å²) >= 11 is 0. The number of rotatable bonds is 9. The van der Waals surface area contributed by atoms with Crippen LogP contribution in [0.15, 0.2) is 46.4 Å². The molecule has 2 aromatic carbocycles. The summed E-state index contributed by atoms with van der Waals surface area (Å²) in [5.74, 6) is 1.73. The van der Waals surface area contributed by atoms with Crippen molar-refractivity contribution in [2.45, 2.75) is 106 Å². The van der Waals surface area contributed by atoms with Gasteiger partial charge < -0.3 is 0 Å². The van der Waals surface area contributed by atoms with Crippen molar-refractivity contribution in [1.29, 1.82) is 0 Å². The van der Waals surface area contributed by atoms with Gasteiger partial charge in [0.15, 0.2) is 0 Å². The molecule has 0 aromatic heterocycles. The fourth-order valence-electron chi connectivity index (χ4n) is 4.20. The molecule has 0 saturated heterocycles. The second-order valence-electron chi connectivity index (χ2n) is 10.2. The van der Waals surface area contributed by atoms with Crippen molar-refractivity contribution >= 4 is 22.8 Å². The minimum absolute atomic E-state index is 0.432. The van der Waals surface area contributed by atoms with Crippen LogP contribution in [-0.2, 0) is 0 Å². The van der Waals surface area contributed by atoms with Crippen molar-refractivity contribution in [2.24, 2.45) is 9.98 Å². The molecule has 0 aliphatic rings. The molecule has 2 rings (SSSR count). The van der Waals surface area contributed by atoms with Crippen LogP contribution in [0.5, 0.6) is 0 Å². The van der Waals surface area contributed by atoms with Crippen LogP contribution in [0.1, 0.15) is 128 Å². The SMILES string of the molecule is CCCC(=Nc1c(C(C)C)cccc1C(C)C)C(C)=Nc1c(C(C)C)cccc1C(C)C. The second kappa shape index (κ2) is 11.6. The third-order valence-electron chi connectivity index (χ3n) is 6.12. The molecule has 0 amide bonds. The highest BCUT2D eigenvalue weighted by Crippen LogP contribution is 2.37. The average molecular weight is 433 g/mol. The Bertz CT molecular complexity index is 906. The Morgan fingerprint density at radius 3 is 1.28 bits per heavy atom. The van der Waals surface area contributed by atoms with E-state index in [-0.39, 0.29) is 0 Å². The third-order valence-corrected chi connectivity index (χ3v) is 6.12. The van der Waals surface area contributed by atoms with E-state index in [9.17, 15) is 0 Å². The molecule has 0 heterocycles. The summed E-state index contributed by atoms with van der Waals surface area (Å²) in [6.07, 6.45) is 1.98. The fourth-order valence-corrected chi connectivity index (χ4v) is 4.20. The largest absolute Gasteiger partial charge is 0.251 e. The Morgan fingerprint density at radius 1 is 0.625 bits per heavy atom. The molecular formula is C30H44N2. The Balaban J connectivity index is 2.73. The summed E-state index contributed by atoms with van der Waals surface area (Å²) in [6, 6.07) is 13.3. The summed E-state index contributed by atoms with van der Waals surface area (Å²) in [5, 5.41) is 0. The van der Waals surface area contributed by atoms with Gasteiger partial charge in [-0.25, -0.2) is 0 Å². The van der Waals surface area contributed by atoms with Gasteiger partial charge in [0.1, 0.15) is 0 Å². The quantitative estimate of drug-likeness (QED) is 0.352. The highest BCUT2D eigenvalue weighted by molar-refractivity contribution is 6.42. The van der Waals surface area contributed by atoms with Gasteiger partial charge in [0, 0.05) is 0 Å². The lowest BCUT2D eigenvalue weighted by molar-refractivity contribution is 0.833. The average Bonchev–Trinajstić information content (AvgIpc) is 2.72. The maximum absolute atomic E-state index is 5.32. The van der Waals surface area contributed by atoms with E-state index in [1.165, 1.54) is 22.3 Å². The van der Waals surface area contributed by atoms with Gasteiger partial charge in [0.25, 0.3) is 0 Å². The Hall–Kier alpha value is -2.22. The molecule has 0 N–H and O–H groups in total. The minimum Gasteiger partial charge on any atom is -0.251 e. The van der Waals surface area contributed by atoms with Crippen LogP contribution in [0.2, 0.25) is 0 Å². The molecule has 32 heavy (non-hydrogen) atoms. The summed E-state index contributed by atoms with van der Waals surface area (Å²) in [5.41, 5.74) is 9.71. The summed E-state index contributed by atoms with van der Waals surface area (Å²) in [4.78, 5) is 10.6. The van der Waals surface area contributed by atoms with Crippen LogP contribution >= 0.6 is 0 Å². The van der Waals surface area contributed by atoms with Crippen molar-refractivity contribution < 1.29 is 0 Å². The van der Waals surface area contributed by atoms with Crippen molar-refractivity contribution in [3.63, 3.8) is 0 Å². The van der Waals surface area contributed by atoms with E-state index in [0.717, 1.165) is 35.6 Å². The Morgan fingerprint density at radius 2 is 0.969 bits per heavy atom. The van der Waals surface area contributed by atoms with E-state index in [2.05, 4.69) is 106 Å². The lowest BCUT2D eigenvalue weighted by Crippen LogP contribution is -2.11. The van der Waals surface area contributed by atoms with Gasteiger partial charge in [-0.05, 0) is 59.3 Å². The highest BCUT2D eigenvalue weighted by Gasteiger charge is 2.17. The maximum atomic E-state index is 5.32. The zero-order chi connectivity index (χ0) is 24.0. The number of benzene rings is 2. The van der Waals surface area contributed by atoms with E-state index in [4.69, 9.17) is 9.98 Å². The standard InChI is InChI=1S/C30H44N2/c1-11-14-28(32-30-26(21(6)7)17-13-18-27(30)22(8)9)23(10)31-29-24(19(2)3)15-12-16-25(29)20(4)5/h12-13,15-22H,11,14H2,1-10H3. The molecule has 0 unspecified atom stereocenters. The lowest BCUT2D eigenvalue weighted by atomic mass is 9.92. The van der Waals surface area contributed by atoms with Gasteiger partial charge in [-0.15, -0.1) is 0 Å². The fraction of sp³-hybridized carbons (Fsp3) is 0.533. The van der Waals surface area contributed by atoms with Gasteiger partial charge in [0.2, 0.25) is 0 Å². The van der Waals surface area contributed by atoms with E-state index >= 15 is 0 Å². The lowest BCUT2D eigenvalue weighted by Gasteiger charge is -2.19. The zero-order valence-electron chi connectivity index (χ0n) is 22.1. The van der Waals surface area contributed by atoms with Crippen LogP contribution in [0, 0.1) is 0 Å². The molecule has 0 bridgehead atoms. The predicted molar refractivity (Wildman–Crippen MR) is 144 cm³/mol. The van der Waals surface area contributed by atoms with Crippen LogP contribution in [-0.4, -0.2) is 11.4 Å². The normalized spacial score (nSPS) is 13.2. The smallest absolute Gasteiger partial charge is 0.0702 e. The number of aliphatic imine (C=N–C) groups is 2. The van der Waals surface area contributed by atoms with E-state index in [0.29, 0.717) is 23.7 Å². The molecule has 0 aliphatic heterocycles. The first-order valence-electron chi connectivity index (χ1n) is 12.5. The number of nitrogens with zero attached hydrogens (tertiary/aromatic N) is 2. The summed E-state index contributed by atoms with van der Waals surface area (Å²) < 4.78 is 0. The molecule has 2 nitrogen and oxygen atoms in total. The molecule has 174 valence electrons. The van der Waals surface area contributed by atoms with Gasteiger partial charge >= 0.3 is 0 Å². The van der Waals surface area contributed by atoms with Crippen molar-refractivity contribution in [2.75, 3.05) is 0 Å². The van der Waals surface area contributed by atoms with Gasteiger partial charge in [-0.2, -0.15) is 0 Å². The molecule has 0 spiro atoms. The van der Waals surface area contributed by atoms with E-state index in [1.807, 2.05) is 0 Å². The predicted octanol–water partition coefficient (Wildman–Crippen LogP) is 9.85. The third kappa shape index (κ3) is 6.18. The highest BCUT2D eigenvalue weighted by atomic mass is 14.8. The first kappa shape index (κ1) is 26.0. The van der Waals surface area contributed by atoms with Crippen molar-refractivity contribution in [3.8, 4) is 0 Å². The number of hydrogen-bond acceptors (Lipinski definition) is 2. The molecule has 2 aromatic rings. The summed E-state index contributed by atoms with van der Waals surface area (Å²) in [6.45, 7) is 22.4. The van der Waals surface area contributed by atoms with Gasteiger partial charge in [-0.1, -0.05) is 105 Å². The zero-order valence-corrected chi connectivity index (χ0v) is 22.1. The van der Waals surface area contributed by atoms with E-state index in [1.54, 1.807) is 0 Å². The molecule has 0 saturated carbocycles. The van der Waals surface area contributed by atoms with Crippen LogP contribution in [0.25, 0.3) is 0 Å². The molecule has 0 aliphatic carbocycles.